The van der Waals surface area contributed by atoms with Crippen LogP contribution >= 0.6 is 34.5 Å². The molecule has 0 spiro atoms. The molecular weight excluding hydrogens is 227 g/mol. The van der Waals surface area contributed by atoms with Gasteiger partial charge in [-0.05, 0) is 0 Å². The van der Waals surface area contributed by atoms with E-state index in [9.17, 15) is 0 Å². The fraction of sp³-hybridized carbons (Fsp3) is 0.750. The van der Waals surface area contributed by atoms with E-state index in [1.54, 1.807) is 11.3 Å². The number of aromatic nitrogens is 2. The van der Waals surface area contributed by atoms with E-state index in [1.165, 1.54) is 0 Å². The lowest BCUT2D eigenvalue weighted by Gasteiger charge is -2.00. The average Bonchev–Trinajstić information content (AvgIpc) is 2.64. The minimum absolute atomic E-state index is 0.287. The first-order valence-corrected chi connectivity index (χ1v) is 6.02. The Morgan fingerprint density at radius 2 is 1.46 bits per heavy atom. The molecule has 5 heteroatoms. The molecule has 1 heterocycles. The van der Waals surface area contributed by atoms with Crippen LogP contribution < -0.4 is 0 Å². The van der Waals surface area contributed by atoms with Crippen molar-refractivity contribution >= 4 is 34.5 Å². The second kappa shape index (κ2) is 5.13. The maximum Gasteiger partial charge on any atom is 0.121 e. The third kappa shape index (κ3) is 2.79. The largest absolute Gasteiger partial charge is 0.143 e. The molecule has 0 N–H and O–H groups in total. The Morgan fingerprint density at radius 3 is 1.77 bits per heavy atom. The quantitative estimate of drug-likeness (QED) is 0.754. The van der Waals surface area contributed by atoms with Crippen molar-refractivity contribution in [3.8, 4) is 0 Å². The lowest BCUT2D eigenvalue weighted by Crippen LogP contribution is -1.93. The number of rotatable bonds is 4. The molecule has 0 aliphatic rings. The monoisotopic (exact) mass is 238 g/mol. The number of alkyl halides is 2. The molecular formula is C8H12Cl2N2S. The standard InChI is InChI=1S/C8H12Cl2N2S/c1-5(3-9)7-11-12-8(13-7)6(2)4-10/h5-6H,3-4H2,1-2H3. The molecule has 0 aromatic carbocycles. The Kier molecular flexibility index (Phi) is 4.42. The molecule has 0 saturated heterocycles. The second-order valence-electron chi connectivity index (χ2n) is 3.09. The number of halogens is 2. The van der Waals surface area contributed by atoms with Crippen molar-refractivity contribution in [3.05, 3.63) is 10.0 Å². The summed E-state index contributed by atoms with van der Waals surface area (Å²) in [5.41, 5.74) is 0. The maximum absolute atomic E-state index is 5.72. The van der Waals surface area contributed by atoms with Gasteiger partial charge in [0, 0.05) is 23.6 Å². The molecule has 2 unspecified atom stereocenters. The molecule has 0 fully saturated rings. The smallest absolute Gasteiger partial charge is 0.121 e. The summed E-state index contributed by atoms with van der Waals surface area (Å²) in [5.74, 6) is 1.75. The zero-order chi connectivity index (χ0) is 9.84. The van der Waals surface area contributed by atoms with Crippen molar-refractivity contribution < 1.29 is 0 Å². The summed E-state index contributed by atoms with van der Waals surface area (Å²) >= 11 is 13.1. The summed E-state index contributed by atoms with van der Waals surface area (Å²) in [4.78, 5) is 0. The van der Waals surface area contributed by atoms with E-state index in [2.05, 4.69) is 10.2 Å². The lowest BCUT2D eigenvalue weighted by molar-refractivity contribution is 0.797. The van der Waals surface area contributed by atoms with Gasteiger partial charge in [0.25, 0.3) is 0 Å². The Bertz CT molecular complexity index is 240. The first-order chi connectivity index (χ1) is 6.19. The van der Waals surface area contributed by atoms with Gasteiger partial charge in [0.05, 0.1) is 0 Å². The Hall–Kier alpha value is 0.140. The van der Waals surface area contributed by atoms with Gasteiger partial charge in [0.1, 0.15) is 10.0 Å². The molecule has 0 aliphatic heterocycles. The van der Waals surface area contributed by atoms with Crippen molar-refractivity contribution in [2.24, 2.45) is 0 Å². The van der Waals surface area contributed by atoms with E-state index in [0.717, 1.165) is 10.0 Å². The average molecular weight is 239 g/mol. The highest BCUT2D eigenvalue weighted by Crippen LogP contribution is 2.25. The molecule has 13 heavy (non-hydrogen) atoms. The molecule has 0 bridgehead atoms. The van der Waals surface area contributed by atoms with Crippen molar-refractivity contribution in [1.82, 2.24) is 10.2 Å². The lowest BCUT2D eigenvalue weighted by atomic mass is 10.2. The third-order valence-electron chi connectivity index (χ3n) is 1.76. The van der Waals surface area contributed by atoms with Gasteiger partial charge < -0.3 is 0 Å². The number of nitrogens with zero attached hydrogens (tertiary/aromatic N) is 2. The van der Waals surface area contributed by atoms with Crippen molar-refractivity contribution in [1.29, 1.82) is 0 Å². The first kappa shape index (κ1) is 11.2. The van der Waals surface area contributed by atoms with Crippen LogP contribution in [0.2, 0.25) is 0 Å². The molecule has 1 rings (SSSR count). The van der Waals surface area contributed by atoms with E-state index in [0.29, 0.717) is 11.8 Å². The van der Waals surface area contributed by atoms with Crippen LogP contribution in [0.1, 0.15) is 35.7 Å². The fourth-order valence-corrected chi connectivity index (χ4v) is 2.20. The zero-order valence-corrected chi connectivity index (χ0v) is 9.96. The van der Waals surface area contributed by atoms with Gasteiger partial charge >= 0.3 is 0 Å². The van der Waals surface area contributed by atoms with Crippen molar-refractivity contribution in [2.75, 3.05) is 11.8 Å². The molecule has 0 radical (unpaired) electrons. The number of hydrogen-bond donors (Lipinski definition) is 0. The Morgan fingerprint density at radius 1 is 1.08 bits per heavy atom. The molecule has 1 aromatic rings. The van der Waals surface area contributed by atoms with Crippen molar-refractivity contribution in [3.63, 3.8) is 0 Å². The zero-order valence-electron chi connectivity index (χ0n) is 7.63. The SMILES string of the molecule is CC(CCl)c1nnc(C(C)CCl)s1. The van der Waals surface area contributed by atoms with Crippen LogP contribution in [0.25, 0.3) is 0 Å². The number of hydrogen-bond acceptors (Lipinski definition) is 3. The summed E-state index contributed by atoms with van der Waals surface area (Å²) in [5, 5.41) is 10.2. The summed E-state index contributed by atoms with van der Waals surface area (Å²) < 4.78 is 0. The molecule has 1 aromatic heterocycles. The van der Waals surface area contributed by atoms with Gasteiger partial charge in [-0.3, -0.25) is 0 Å². The summed E-state index contributed by atoms with van der Waals surface area (Å²) in [6.45, 7) is 4.09. The Labute approximate surface area is 92.3 Å². The highest BCUT2D eigenvalue weighted by molar-refractivity contribution is 7.11. The molecule has 0 saturated carbocycles. The summed E-state index contributed by atoms with van der Waals surface area (Å²) in [6.07, 6.45) is 0. The van der Waals surface area contributed by atoms with Gasteiger partial charge in [-0.1, -0.05) is 13.8 Å². The minimum atomic E-state index is 0.287. The van der Waals surface area contributed by atoms with E-state index >= 15 is 0 Å². The predicted molar refractivity (Wildman–Crippen MR) is 58.2 cm³/mol. The van der Waals surface area contributed by atoms with Gasteiger partial charge in [0.2, 0.25) is 0 Å². The molecule has 2 atom stereocenters. The molecule has 0 aliphatic carbocycles. The summed E-state index contributed by atoms with van der Waals surface area (Å²) in [6, 6.07) is 0. The molecule has 2 nitrogen and oxygen atoms in total. The van der Waals surface area contributed by atoms with Crippen LogP contribution in [0.15, 0.2) is 0 Å². The molecule has 74 valence electrons. The topological polar surface area (TPSA) is 25.8 Å². The van der Waals surface area contributed by atoms with E-state index in [-0.39, 0.29) is 11.8 Å². The minimum Gasteiger partial charge on any atom is -0.143 e. The highest BCUT2D eigenvalue weighted by Gasteiger charge is 2.14. The van der Waals surface area contributed by atoms with E-state index in [4.69, 9.17) is 23.2 Å². The van der Waals surface area contributed by atoms with E-state index < -0.39 is 0 Å². The maximum atomic E-state index is 5.72. The Balaban J connectivity index is 2.74. The van der Waals surface area contributed by atoms with Crippen LogP contribution in [0.5, 0.6) is 0 Å². The fourth-order valence-electron chi connectivity index (χ4n) is 0.777. The van der Waals surface area contributed by atoms with Gasteiger partial charge in [-0.2, -0.15) is 0 Å². The first-order valence-electron chi connectivity index (χ1n) is 4.14. The normalized spacial score (nSPS) is 15.7. The van der Waals surface area contributed by atoms with Gasteiger partial charge in [-0.15, -0.1) is 44.7 Å². The summed E-state index contributed by atoms with van der Waals surface area (Å²) in [7, 11) is 0. The molecule has 0 amide bonds. The van der Waals surface area contributed by atoms with Crippen LogP contribution in [-0.2, 0) is 0 Å². The van der Waals surface area contributed by atoms with Crippen LogP contribution in [0.4, 0.5) is 0 Å². The van der Waals surface area contributed by atoms with Gasteiger partial charge in [0.15, 0.2) is 0 Å². The predicted octanol–water partition coefficient (Wildman–Crippen LogP) is 3.22. The van der Waals surface area contributed by atoms with Crippen LogP contribution in [-0.4, -0.2) is 22.0 Å². The van der Waals surface area contributed by atoms with Gasteiger partial charge in [-0.25, -0.2) is 0 Å². The highest BCUT2D eigenvalue weighted by atomic mass is 35.5. The van der Waals surface area contributed by atoms with Crippen LogP contribution in [0.3, 0.4) is 0 Å². The van der Waals surface area contributed by atoms with Crippen LogP contribution in [0, 0.1) is 0 Å². The third-order valence-corrected chi connectivity index (χ3v) is 4.07. The van der Waals surface area contributed by atoms with E-state index in [1.807, 2.05) is 13.8 Å². The second-order valence-corrected chi connectivity index (χ2v) is 4.75. The van der Waals surface area contributed by atoms with Crippen molar-refractivity contribution in [2.45, 2.75) is 25.7 Å².